The van der Waals surface area contributed by atoms with E-state index in [4.69, 9.17) is 11.6 Å². The molecule has 6 heteroatoms. The summed E-state index contributed by atoms with van der Waals surface area (Å²) in [7, 11) is 0. The monoisotopic (exact) mass is 254 g/mol. The zero-order chi connectivity index (χ0) is 12.4. The molecule has 0 spiro atoms. The SMILES string of the molecule is O=c1cc(Cl)[nH]c(=O)n1Cc1ccccc1F. The van der Waals surface area contributed by atoms with Gasteiger partial charge in [0.1, 0.15) is 11.0 Å². The molecular formula is C11H8ClFN2O2. The van der Waals surface area contributed by atoms with Gasteiger partial charge >= 0.3 is 5.69 Å². The van der Waals surface area contributed by atoms with Gasteiger partial charge in [-0.15, -0.1) is 0 Å². The number of rotatable bonds is 2. The van der Waals surface area contributed by atoms with Crippen molar-refractivity contribution in [1.82, 2.24) is 9.55 Å². The van der Waals surface area contributed by atoms with Crippen LogP contribution in [0, 0.1) is 5.82 Å². The lowest BCUT2D eigenvalue weighted by Crippen LogP contribution is -2.34. The fourth-order valence-corrected chi connectivity index (χ4v) is 1.61. The van der Waals surface area contributed by atoms with Crippen molar-refractivity contribution < 1.29 is 4.39 Å². The normalized spacial score (nSPS) is 10.5. The van der Waals surface area contributed by atoms with E-state index in [-0.39, 0.29) is 17.3 Å². The Morgan fingerprint density at radius 2 is 2.00 bits per heavy atom. The summed E-state index contributed by atoms with van der Waals surface area (Å²) < 4.78 is 14.2. The second-order valence-corrected chi connectivity index (χ2v) is 3.85. The molecule has 1 aromatic carbocycles. The lowest BCUT2D eigenvalue weighted by molar-refractivity contribution is 0.589. The molecule has 0 atom stereocenters. The van der Waals surface area contributed by atoms with E-state index >= 15 is 0 Å². The van der Waals surface area contributed by atoms with Crippen LogP contribution < -0.4 is 11.2 Å². The molecule has 1 heterocycles. The van der Waals surface area contributed by atoms with Crippen LogP contribution in [0.3, 0.4) is 0 Å². The van der Waals surface area contributed by atoms with Crippen molar-refractivity contribution in [3.63, 3.8) is 0 Å². The Kier molecular flexibility index (Phi) is 3.10. The van der Waals surface area contributed by atoms with Crippen molar-refractivity contribution in [1.29, 1.82) is 0 Å². The number of aromatic nitrogens is 2. The number of nitrogens with one attached hydrogen (secondary N) is 1. The van der Waals surface area contributed by atoms with E-state index in [1.807, 2.05) is 0 Å². The average Bonchev–Trinajstić information content (AvgIpc) is 2.25. The van der Waals surface area contributed by atoms with Crippen molar-refractivity contribution in [2.24, 2.45) is 0 Å². The predicted octanol–water partition coefficient (Wildman–Crippen LogP) is 1.38. The van der Waals surface area contributed by atoms with Crippen LogP contribution in [-0.4, -0.2) is 9.55 Å². The zero-order valence-corrected chi connectivity index (χ0v) is 9.37. The molecule has 1 N–H and O–H groups in total. The molecule has 0 aliphatic carbocycles. The van der Waals surface area contributed by atoms with Crippen molar-refractivity contribution >= 4 is 11.6 Å². The van der Waals surface area contributed by atoms with Gasteiger partial charge in [0.15, 0.2) is 0 Å². The van der Waals surface area contributed by atoms with Crippen molar-refractivity contribution in [3.8, 4) is 0 Å². The maximum atomic E-state index is 13.4. The third-order valence-electron chi connectivity index (χ3n) is 2.27. The highest BCUT2D eigenvalue weighted by atomic mass is 35.5. The van der Waals surface area contributed by atoms with Crippen LogP contribution >= 0.6 is 11.6 Å². The summed E-state index contributed by atoms with van der Waals surface area (Å²) in [6.07, 6.45) is 0. The Morgan fingerprint density at radius 3 is 2.65 bits per heavy atom. The molecule has 2 rings (SSSR count). The standard InChI is InChI=1S/C11H8ClFN2O2/c12-9-5-10(16)15(11(17)14-9)6-7-3-1-2-4-8(7)13/h1-5H,6H2,(H,14,17). The van der Waals surface area contributed by atoms with E-state index < -0.39 is 17.1 Å². The lowest BCUT2D eigenvalue weighted by atomic mass is 10.2. The van der Waals surface area contributed by atoms with Gasteiger partial charge in [-0.25, -0.2) is 9.18 Å². The second kappa shape index (κ2) is 4.55. The zero-order valence-electron chi connectivity index (χ0n) is 8.61. The fourth-order valence-electron chi connectivity index (χ4n) is 1.44. The molecule has 0 unspecified atom stereocenters. The molecule has 17 heavy (non-hydrogen) atoms. The first-order valence-corrected chi connectivity index (χ1v) is 5.19. The second-order valence-electron chi connectivity index (χ2n) is 3.44. The van der Waals surface area contributed by atoms with E-state index in [0.717, 1.165) is 10.6 Å². The van der Waals surface area contributed by atoms with Crippen LogP contribution in [0.5, 0.6) is 0 Å². The van der Waals surface area contributed by atoms with Gasteiger partial charge in [0, 0.05) is 11.6 Å². The van der Waals surface area contributed by atoms with Gasteiger partial charge in [0.25, 0.3) is 5.56 Å². The largest absolute Gasteiger partial charge is 0.329 e. The highest BCUT2D eigenvalue weighted by molar-refractivity contribution is 6.29. The van der Waals surface area contributed by atoms with Gasteiger partial charge in [-0.3, -0.25) is 14.3 Å². The van der Waals surface area contributed by atoms with Gasteiger partial charge < -0.3 is 0 Å². The minimum Gasteiger partial charge on any atom is -0.298 e. The highest BCUT2D eigenvalue weighted by Crippen LogP contribution is 2.06. The van der Waals surface area contributed by atoms with Crippen LogP contribution in [0.25, 0.3) is 0 Å². The minimum absolute atomic E-state index is 0.0372. The van der Waals surface area contributed by atoms with E-state index in [2.05, 4.69) is 4.98 Å². The molecule has 0 bridgehead atoms. The quantitative estimate of drug-likeness (QED) is 0.823. The maximum absolute atomic E-state index is 13.4. The molecular weight excluding hydrogens is 247 g/mol. The summed E-state index contributed by atoms with van der Waals surface area (Å²) in [5.41, 5.74) is -0.963. The van der Waals surface area contributed by atoms with Gasteiger partial charge in [-0.1, -0.05) is 29.8 Å². The molecule has 1 aromatic heterocycles. The van der Waals surface area contributed by atoms with Crippen LogP contribution in [0.4, 0.5) is 4.39 Å². The number of benzene rings is 1. The summed E-state index contributed by atoms with van der Waals surface area (Å²) in [5.74, 6) is -0.464. The molecule has 0 amide bonds. The first-order chi connectivity index (χ1) is 8.08. The van der Waals surface area contributed by atoms with Crippen molar-refractivity contribution in [3.05, 3.63) is 67.7 Å². The number of hydrogen-bond donors (Lipinski definition) is 1. The molecule has 0 saturated carbocycles. The predicted molar refractivity (Wildman–Crippen MR) is 61.8 cm³/mol. The van der Waals surface area contributed by atoms with E-state index in [9.17, 15) is 14.0 Å². The molecule has 88 valence electrons. The Labute approximate surface area is 100 Å². The van der Waals surface area contributed by atoms with Gasteiger partial charge in [0.2, 0.25) is 0 Å². The molecule has 0 fully saturated rings. The van der Waals surface area contributed by atoms with Crippen molar-refractivity contribution in [2.45, 2.75) is 6.54 Å². The number of H-pyrrole nitrogens is 1. The van der Waals surface area contributed by atoms with Crippen LogP contribution in [0.2, 0.25) is 5.15 Å². The summed E-state index contributed by atoms with van der Waals surface area (Å²) in [6.45, 7) is -0.127. The van der Waals surface area contributed by atoms with Crippen molar-refractivity contribution in [2.75, 3.05) is 0 Å². The number of aromatic amines is 1. The Balaban J connectivity index is 2.48. The van der Waals surface area contributed by atoms with Crippen LogP contribution in [0.15, 0.2) is 39.9 Å². The average molecular weight is 255 g/mol. The van der Waals surface area contributed by atoms with E-state index in [0.29, 0.717) is 0 Å². The smallest absolute Gasteiger partial charge is 0.298 e. The first kappa shape index (κ1) is 11.6. The highest BCUT2D eigenvalue weighted by Gasteiger charge is 2.07. The molecule has 2 aromatic rings. The molecule has 0 radical (unpaired) electrons. The Bertz CT molecular complexity index is 632. The third-order valence-corrected chi connectivity index (χ3v) is 2.48. The third kappa shape index (κ3) is 2.45. The Hall–Kier alpha value is -1.88. The maximum Gasteiger partial charge on any atom is 0.329 e. The van der Waals surface area contributed by atoms with Gasteiger partial charge in [-0.2, -0.15) is 0 Å². The number of halogens is 2. The van der Waals surface area contributed by atoms with E-state index in [1.54, 1.807) is 6.07 Å². The fraction of sp³-hybridized carbons (Fsp3) is 0.0909. The summed E-state index contributed by atoms with van der Waals surface area (Å²) >= 11 is 5.51. The lowest BCUT2D eigenvalue weighted by Gasteiger charge is -2.05. The number of nitrogens with zero attached hydrogens (tertiary/aromatic N) is 1. The first-order valence-electron chi connectivity index (χ1n) is 4.81. The topological polar surface area (TPSA) is 54.9 Å². The van der Waals surface area contributed by atoms with Gasteiger partial charge in [-0.05, 0) is 6.07 Å². The summed E-state index contributed by atoms with van der Waals surface area (Å²) in [6, 6.07) is 7.02. The minimum atomic E-state index is -0.661. The van der Waals surface area contributed by atoms with Crippen LogP contribution in [0.1, 0.15) is 5.56 Å². The Morgan fingerprint density at radius 1 is 1.29 bits per heavy atom. The molecule has 0 aliphatic heterocycles. The number of hydrogen-bond acceptors (Lipinski definition) is 2. The molecule has 0 aliphatic rings. The van der Waals surface area contributed by atoms with E-state index in [1.165, 1.54) is 18.2 Å². The molecule has 0 saturated heterocycles. The summed E-state index contributed by atoms with van der Waals surface area (Å²) in [4.78, 5) is 25.3. The molecule has 4 nitrogen and oxygen atoms in total. The van der Waals surface area contributed by atoms with Crippen LogP contribution in [-0.2, 0) is 6.54 Å². The summed E-state index contributed by atoms with van der Waals surface area (Å²) in [5, 5.41) is -0.0372. The van der Waals surface area contributed by atoms with Gasteiger partial charge in [0.05, 0.1) is 6.54 Å².